The lowest BCUT2D eigenvalue weighted by Gasteiger charge is -2.39. The van der Waals surface area contributed by atoms with Crippen molar-refractivity contribution in [1.29, 1.82) is 0 Å². The van der Waals surface area contributed by atoms with Gasteiger partial charge < -0.3 is 10.6 Å². The molecule has 0 spiro atoms. The fourth-order valence-corrected chi connectivity index (χ4v) is 2.42. The Labute approximate surface area is 97.7 Å². The SMILES string of the molecule is Cc1ccnc(N2CCCC(C)C2C)c1N. The normalized spacial score (nSPS) is 25.8. The molecule has 1 aliphatic heterocycles. The van der Waals surface area contributed by atoms with Crippen LogP contribution in [0.2, 0.25) is 0 Å². The average Bonchev–Trinajstić information content (AvgIpc) is 2.27. The predicted octanol–water partition coefficient (Wildman–Crippen LogP) is 2.60. The molecule has 2 atom stereocenters. The van der Waals surface area contributed by atoms with Crippen molar-refractivity contribution in [2.45, 2.75) is 39.7 Å². The molecule has 1 saturated heterocycles. The number of anilines is 2. The van der Waals surface area contributed by atoms with Crippen LogP contribution < -0.4 is 10.6 Å². The van der Waals surface area contributed by atoms with E-state index in [-0.39, 0.29) is 0 Å². The number of nitrogens with zero attached hydrogens (tertiary/aromatic N) is 2. The Morgan fingerprint density at radius 1 is 1.44 bits per heavy atom. The third-order valence-corrected chi connectivity index (χ3v) is 3.83. The van der Waals surface area contributed by atoms with E-state index >= 15 is 0 Å². The maximum Gasteiger partial charge on any atom is 0.152 e. The Morgan fingerprint density at radius 3 is 2.94 bits per heavy atom. The van der Waals surface area contributed by atoms with Crippen molar-refractivity contribution >= 4 is 11.5 Å². The summed E-state index contributed by atoms with van der Waals surface area (Å²) in [6.07, 6.45) is 4.40. The number of aromatic nitrogens is 1. The lowest BCUT2D eigenvalue weighted by Crippen LogP contribution is -2.43. The Kier molecular flexibility index (Phi) is 3.03. The molecule has 1 aromatic rings. The molecule has 0 bridgehead atoms. The summed E-state index contributed by atoms with van der Waals surface area (Å²) >= 11 is 0. The zero-order chi connectivity index (χ0) is 11.7. The Morgan fingerprint density at radius 2 is 2.19 bits per heavy atom. The highest BCUT2D eigenvalue weighted by molar-refractivity contribution is 5.66. The number of pyridine rings is 1. The second kappa shape index (κ2) is 4.32. The van der Waals surface area contributed by atoms with E-state index < -0.39 is 0 Å². The monoisotopic (exact) mass is 219 g/mol. The highest BCUT2D eigenvalue weighted by Gasteiger charge is 2.26. The van der Waals surface area contributed by atoms with Crippen LogP contribution in [0.15, 0.2) is 12.3 Å². The first-order valence-corrected chi connectivity index (χ1v) is 6.09. The van der Waals surface area contributed by atoms with Gasteiger partial charge in [0.25, 0.3) is 0 Å². The quantitative estimate of drug-likeness (QED) is 0.789. The minimum absolute atomic E-state index is 0.533. The molecule has 2 heterocycles. The van der Waals surface area contributed by atoms with Gasteiger partial charge in [-0.3, -0.25) is 0 Å². The third-order valence-electron chi connectivity index (χ3n) is 3.83. The van der Waals surface area contributed by atoms with Crippen LogP contribution in [0.3, 0.4) is 0 Å². The largest absolute Gasteiger partial charge is 0.396 e. The molecule has 16 heavy (non-hydrogen) atoms. The number of nitrogens with two attached hydrogens (primary N) is 1. The van der Waals surface area contributed by atoms with Crippen LogP contribution in [0.5, 0.6) is 0 Å². The number of nitrogen functional groups attached to an aromatic ring is 1. The molecule has 2 unspecified atom stereocenters. The highest BCUT2D eigenvalue weighted by atomic mass is 15.2. The molecule has 1 aliphatic rings. The zero-order valence-corrected chi connectivity index (χ0v) is 10.4. The van der Waals surface area contributed by atoms with Crippen LogP contribution >= 0.6 is 0 Å². The molecule has 0 amide bonds. The van der Waals surface area contributed by atoms with Crippen molar-refractivity contribution < 1.29 is 0 Å². The maximum atomic E-state index is 6.12. The van der Waals surface area contributed by atoms with Crippen molar-refractivity contribution in [3.8, 4) is 0 Å². The van der Waals surface area contributed by atoms with Crippen LogP contribution in [0.25, 0.3) is 0 Å². The van der Waals surface area contributed by atoms with Crippen molar-refractivity contribution in [2.75, 3.05) is 17.2 Å². The summed E-state index contributed by atoms with van der Waals surface area (Å²) in [5, 5.41) is 0. The highest BCUT2D eigenvalue weighted by Crippen LogP contribution is 2.31. The van der Waals surface area contributed by atoms with Crippen molar-refractivity contribution in [3.05, 3.63) is 17.8 Å². The fourth-order valence-electron chi connectivity index (χ4n) is 2.42. The molecular weight excluding hydrogens is 198 g/mol. The van der Waals surface area contributed by atoms with E-state index in [1.54, 1.807) is 0 Å². The van der Waals surface area contributed by atoms with Gasteiger partial charge in [-0.05, 0) is 44.2 Å². The standard InChI is InChI=1S/C13H21N3/c1-9-5-4-8-16(11(9)3)13-12(14)10(2)6-7-15-13/h6-7,9,11H,4-5,8,14H2,1-3H3. The molecule has 0 saturated carbocycles. The van der Waals surface area contributed by atoms with Gasteiger partial charge >= 0.3 is 0 Å². The average molecular weight is 219 g/mol. The topological polar surface area (TPSA) is 42.2 Å². The Hall–Kier alpha value is -1.25. The van der Waals surface area contributed by atoms with Crippen LogP contribution in [0, 0.1) is 12.8 Å². The van der Waals surface area contributed by atoms with Gasteiger partial charge in [-0.1, -0.05) is 6.92 Å². The number of aryl methyl sites for hydroxylation is 1. The molecule has 2 N–H and O–H groups in total. The number of hydrogen-bond acceptors (Lipinski definition) is 3. The fraction of sp³-hybridized carbons (Fsp3) is 0.615. The molecule has 0 aliphatic carbocycles. The van der Waals surface area contributed by atoms with E-state index in [4.69, 9.17) is 5.73 Å². The first-order valence-electron chi connectivity index (χ1n) is 6.09. The Bertz CT molecular complexity index is 375. The first kappa shape index (κ1) is 11.2. The van der Waals surface area contributed by atoms with Gasteiger partial charge in [-0.25, -0.2) is 4.98 Å². The molecule has 2 rings (SSSR count). The molecular formula is C13H21N3. The minimum atomic E-state index is 0.533. The van der Waals surface area contributed by atoms with Crippen LogP contribution in [-0.2, 0) is 0 Å². The van der Waals surface area contributed by atoms with Crippen LogP contribution in [0.1, 0.15) is 32.3 Å². The summed E-state index contributed by atoms with van der Waals surface area (Å²) < 4.78 is 0. The van der Waals surface area contributed by atoms with Gasteiger partial charge in [0.1, 0.15) is 0 Å². The summed E-state index contributed by atoms with van der Waals surface area (Å²) in [5.41, 5.74) is 8.07. The van der Waals surface area contributed by atoms with Crippen LogP contribution in [-0.4, -0.2) is 17.6 Å². The van der Waals surface area contributed by atoms with E-state index in [0.29, 0.717) is 6.04 Å². The van der Waals surface area contributed by atoms with E-state index in [1.807, 2.05) is 19.2 Å². The molecule has 0 radical (unpaired) electrons. The third kappa shape index (κ3) is 1.86. The second-order valence-electron chi connectivity index (χ2n) is 4.92. The lowest BCUT2D eigenvalue weighted by atomic mass is 9.92. The molecule has 3 nitrogen and oxygen atoms in total. The number of rotatable bonds is 1. The summed E-state index contributed by atoms with van der Waals surface area (Å²) in [6.45, 7) is 7.70. The van der Waals surface area contributed by atoms with Gasteiger partial charge in [-0.2, -0.15) is 0 Å². The summed E-state index contributed by atoms with van der Waals surface area (Å²) in [4.78, 5) is 6.81. The molecule has 88 valence electrons. The molecule has 0 aromatic carbocycles. The lowest BCUT2D eigenvalue weighted by molar-refractivity contribution is 0.362. The minimum Gasteiger partial charge on any atom is -0.396 e. The molecule has 3 heteroatoms. The van der Waals surface area contributed by atoms with Gasteiger partial charge in [0.2, 0.25) is 0 Å². The first-order chi connectivity index (χ1) is 7.61. The van der Waals surface area contributed by atoms with E-state index in [1.165, 1.54) is 12.8 Å². The zero-order valence-electron chi connectivity index (χ0n) is 10.4. The summed E-state index contributed by atoms with van der Waals surface area (Å²) in [5.74, 6) is 1.69. The predicted molar refractivity (Wildman–Crippen MR) is 68.6 cm³/mol. The van der Waals surface area contributed by atoms with Crippen molar-refractivity contribution in [1.82, 2.24) is 4.98 Å². The molecule has 1 aromatic heterocycles. The van der Waals surface area contributed by atoms with Crippen LogP contribution in [0.4, 0.5) is 11.5 Å². The van der Waals surface area contributed by atoms with Crippen molar-refractivity contribution in [2.24, 2.45) is 5.92 Å². The number of hydrogen-bond donors (Lipinski definition) is 1. The van der Waals surface area contributed by atoms with Gasteiger partial charge in [0.15, 0.2) is 5.82 Å². The Balaban J connectivity index is 2.32. The van der Waals surface area contributed by atoms with Gasteiger partial charge in [0.05, 0.1) is 5.69 Å². The smallest absolute Gasteiger partial charge is 0.152 e. The maximum absolute atomic E-state index is 6.12. The molecule has 1 fully saturated rings. The summed E-state index contributed by atoms with van der Waals surface area (Å²) in [7, 11) is 0. The van der Waals surface area contributed by atoms with E-state index in [0.717, 1.165) is 29.5 Å². The second-order valence-corrected chi connectivity index (χ2v) is 4.92. The van der Waals surface area contributed by atoms with E-state index in [2.05, 4.69) is 23.7 Å². The van der Waals surface area contributed by atoms with Crippen molar-refractivity contribution in [3.63, 3.8) is 0 Å². The number of piperidine rings is 1. The van der Waals surface area contributed by atoms with Gasteiger partial charge in [0, 0.05) is 18.8 Å². The summed E-state index contributed by atoms with van der Waals surface area (Å²) in [6, 6.07) is 2.50. The van der Waals surface area contributed by atoms with E-state index in [9.17, 15) is 0 Å². The van der Waals surface area contributed by atoms with Gasteiger partial charge in [-0.15, -0.1) is 0 Å².